The van der Waals surface area contributed by atoms with Gasteiger partial charge in [0.15, 0.2) is 0 Å². The first-order valence-electron chi connectivity index (χ1n) is 8.77. The van der Waals surface area contributed by atoms with Crippen molar-refractivity contribution in [1.82, 2.24) is 0 Å². The first-order valence-corrected chi connectivity index (χ1v) is 8.77. The number of rotatable bonds is 9. The second-order valence-electron chi connectivity index (χ2n) is 6.03. The number of nitrogens with one attached hydrogen (secondary N) is 1. The minimum Gasteiger partial charge on any atom is -0.497 e. The molecular weight excluding hydrogens is 344 g/mol. The molecule has 2 N–H and O–H groups in total. The summed E-state index contributed by atoms with van der Waals surface area (Å²) in [5.74, 6) is -0.506. The van der Waals surface area contributed by atoms with Gasteiger partial charge in [0, 0.05) is 11.6 Å². The van der Waals surface area contributed by atoms with Crippen molar-refractivity contribution in [3.05, 3.63) is 60.2 Å². The van der Waals surface area contributed by atoms with Crippen LogP contribution in [0.4, 0.5) is 5.69 Å². The summed E-state index contributed by atoms with van der Waals surface area (Å²) < 4.78 is 10.3. The molecule has 0 amide bonds. The molecule has 0 aliphatic carbocycles. The van der Waals surface area contributed by atoms with E-state index in [1.54, 1.807) is 38.3 Å². The van der Waals surface area contributed by atoms with Crippen LogP contribution in [0.25, 0.3) is 0 Å². The standard InChI is InChI=1S/C21H24N2O4/c1-3-27-21(25)20(23-16-9-11-17(26-2)12-10-16)18(19(24)14-22)13-15-7-5-4-6-8-15/h4-12,18-20,23-24H,3,13H2,1-2H3/t18-,19+,20+/m1/s1. The number of anilines is 1. The Bertz CT molecular complexity index is 756. The Morgan fingerprint density at radius 3 is 2.41 bits per heavy atom. The first kappa shape index (κ1) is 20.3. The predicted octanol–water partition coefficient (Wildman–Crippen LogP) is 2.78. The van der Waals surface area contributed by atoms with Crippen LogP contribution in [-0.4, -0.2) is 36.9 Å². The second kappa shape index (κ2) is 10.2. The summed E-state index contributed by atoms with van der Waals surface area (Å²) in [6.07, 6.45) is -0.979. The predicted molar refractivity (Wildman–Crippen MR) is 102 cm³/mol. The van der Waals surface area contributed by atoms with Crippen LogP contribution < -0.4 is 10.1 Å². The molecule has 0 saturated carbocycles. The Morgan fingerprint density at radius 2 is 1.85 bits per heavy atom. The molecule has 6 nitrogen and oxygen atoms in total. The quantitative estimate of drug-likeness (QED) is 0.522. The van der Waals surface area contributed by atoms with Gasteiger partial charge in [-0.05, 0) is 43.2 Å². The molecule has 0 unspecified atom stereocenters. The maximum Gasteiger partial charge on any atom is 0.328 e. The van der Waals surface area contributed by atoms with Crippen LogP contribution in [0.2, 0.25) is 0 Å². The molecule has 0 aromatic heterocycles. The van der Waals surface area contributed by atoms with E-state index in [1.807, 2.05) is 36.4 Å². The molecular formula is C21H24N2O4. The van der Waals surface area contributed by atoms with E-state index in [9.17, 15) is 15.2 Å². The summed E-state index contributed by atoms with van der Waals surface area (Å²) in [5.41, 5.74) is 1.58. The van der Waals surface area contributed by atoms with Crippen LogP contribution in [0.15, 0.2) is 54.6 Å². The normalized spacial score (nSPS) is 13.7. The lowest BCUT2D eigenvalue weighted by Gasteiger charge is -2.28. The molecule has 0 radical (unpaired) electrons. The average molecular weight is 368 g/mol. The zero-order valence-corrected chi connectivity index (χ0v) is 15.5. The van der Waals surface area contributed by atoms with Gasteiger partial charge in [-0.25, -0.2) is 4.79 Å². The van der Waals surface area contributed by atoms with Crippen molar-refractivity contribution in [2.75, 3.05) is 19.0 Å². The minimum absolute atomic E-state index is 0.209. The van der Waals surface area contributed by atoms with E-state index in [4.69, 9.17) is 9.47 Å². The summed E-state index contributed by atoms with van der Waals surface area (Å²) in [6, 6.07) is 17.5. The lowest BCUT2D eigenvalue weighted by atomic mass is 9.87. The zero-order chi connectivity index (χ0) is 19.6. The highest BCUT2D eigenvalue weighted by Gasteiger charge is 2.35. The summed E-state index contributed by atoms with van der Waals surface area (Å²) >= 11 is 0. The van der Waals surface area contributed by atoms with Gasteiger partial charge in [-0.3, -0.25) is 0 Å². The van der Waals surface area contributed by atoms with Gasteiger partial charge >= 0.3 is 5.97 Å². The minimum atomic E-state index is -1.33. The van der Waals surface area contributed by atoms with Gasteiger partial charge in [-0.1, -0.05) is 30.3 Å². The van der Waals surface area contributed by atoms with E-state index < -0.39 is 24.0 Å². The molecule has 142 valence electrons. The number of ether oxygens (including phenoxy) is 2. The number of carbonyl (C=O) groups is 1. The Hall–Kier alpha value is -3.04. The molecule has 0 bridgehead atoms. The fourth-order valence-corrected chi connectivity index (χ4v) is 2.83. The highest BCUT2D eigenvalue weighted by atomic mass is 16.5. The molecule has 27 heavy (non-hydrogen) atoms. The number of benzene rings is 2. The second-order valence-corrected chi connectivity index (χ2v) is 6.03. The summed E-state index contributed by atoms with van der Waals surface area (Å²) in [5, 5.41) is 22.7. The lowest BCUT2D eigenvalue weighted by molar-refractivity contribution is -0.146. The Kier molecular flexibility index (Phi) is 7.65. The molecule has 2 rings (SSSR count). The van der Waals surface area contributed by atoms with Gasteiger partial charge in [-0.15, -0.1) is 0 Å². The SMILES string of the molecule is CCOC(=O)[C@@H](Nc1ccc(OC)cc1)[C@H](Cc1ccccc1)[C@@H](O)C#N. The van der Waals surface area contributed by atoms with Crippen molar-refractivity contribution >= 4 is 11.7 Å². The Morgan fingerprint density at radius 1 is 1.19 bits per heavy atom. The van der Waals surface area contributed by atoms with Gasteiger partial charge < -0.3 is 19.9 Å². The average Bonchev–Trinajstić information content (AvgIpc) is 2.71. The van der Waals surface area contributed by atoms with Crippen molar-refractivity contribution < 1.29 is 19.4 Å². The molecule has 0 fully saturated rings. The van der Waals surface area contributed by atoms with E-state index in [1.165, 1.54) is 0 Å². The van der Waals surface area contributed by atoms with E-state index >= 15 is 0 Å². The molecule has 0 aliphatic rings. The molecule has 0 heterocycles. The highest BCUT2D eigenvalue weighted by Crippen LogP contribution is 2.23. The summed E-state index contributed by atoms with van der Waals surface area (Å²) in [6.45, 7) is 1.93. The summed E-state index contributed by atoms with van der Waals surface area (Å²) in [4.78, 5) is 12.6. The molecule has 0 saturated heterocycles. The number of hydrogen-bond donors (Lipinski definition) is 2. The summed E-state index contributed by atoms with van der Waals surface area (Å²) in [7, 11) is 1.57. The van der Waals surface area contributed by atoms with Crippen LogP contribution in [0.1, 0.15) is 12.5 Å². The molecule has 3 atom stereocenters. The van der Waals surface area contributed by atoms with E-state index in [0.29, 0.717) is 17.9 Å². The molecule has 0 spiro atoms. The number of methoxy groups -OCH3 is 1. The Balaban J connectivity index is 2.31. The number of carbonyl (C=O) groups excluding carboxylic acids is 1. The van der Waals surface area contributed by atoms with Gasteiger partial charge in [0.25, 0.3) is 0 Å². The Labute approximate surface area is 159 Å². The molecule has 2 aromatic rings. The van der Waals surface area contributed by atoms with Gasteiger partial charge in [0.2, 0.25) is 0 Å². The number of aliphatic hydroxyl groups is 1. The van der Waals surface area contributed by atoms with E-state index in [0.717, 1.165) is 5.56 Å². The highest BCUT2D eigenvalue weighted by molar-refractivity contribution is 5.80. The number of nitrogens with zero attached hydrogens (tertiary/aromatic N) is 1. The lowest BCUT2D eigenvalue weighted by Crippen LogP contribution is -2.44. The monoisotopic (exact) mass is 368 g/mol. The first-order chi connectivity index (χ1) is 13.1. The topological polar surface area (TPSA) is 91.6 Å². The third kappa shape index (κ3) is 5.73. The number of aliphatic hydroxyl groups excluding tert-OH is 1. The molecule has 2 aromatic carbocycles. The number of hydrogen-bond acceptors (Lipinski definition) is 6. The number of nitriles is 1. The molecule has 0 aliphatic heterocycles. The van der Waals surface area contributed by atoms with Crippen LogP contribution in [0, 0.1) is 17.2 Å². The van der Waals surface area contributed by atoms with Crippen molar-refractivity contribution in [3.8, 4) is 11.8 Å². The zero-order valence-electron chi connectivity index (χ0n) is 15.5. The van der Waals surface area contributed by atoms with E-state index in [2.05, 4.69) is 5.32 Å². The smallest absolute Gasteiger partial charge is 0.328 e. The van der Waals surface area contributed by atoms with Crippen molar-refractivity contribution in [2.24, 2.45) is 5.92 Å². The largest absolute Gasteiger partial charge is 0.497 e. The maximum atomic E-state index is 12.6. The van der Waals surface area contributed by atoms with Gasteiger partial charge in [0.1, 0.15) is 17.9 Å². The van der Waals surface area contributed by atoms with Gasteiger partial charge in [-0.2, -0.15) is 5.26 Å². The molecule has 6 heteroatoms. The van der Waals surface area contributed by atoms with E-state index in [-0.39, 0.29) is 6.61 Å². The van der Waals surface area contributed by atoms with Crippen molar-refractivity contribution in [3.63, 3.8) is 0 Å². The van der Waals surface area contributed by atoms with Crippen LogP contribution in [0.5, 0.6) is 5.75 Å². The maximum absolute atomic E-state index is 12.6. The third-order valence-corrected chi connectivity index (χ3v) is 4.23. The van der Waals surface area contributed by atoms with Crippen LogP contribution in [-0.2, 0) is 16.0 Å². The number of esters is 1. The van der Waals surface area contributed by atoms with Crippen molar-refractivity contribution in [1.29, 1.82) is 5.26 Å². The fourth-order valence-electron chi connectivity index (χ4n) is 2.83. The third-order valence-electron chi connectivity index (χ3n) is 4.23. The van der Waals surface area contributed by atoms with Crippen molar-refractivity contribution in [2.45, 2.75) is 25.5 Å². The van der Waals surface area contributed by atoms with Gasteiger partial charge in [0.05, 0.1) is 19.8 Å². The fraction of sp³-hybridized carbons (Fsp3) is 0.333. The van der Waals surface area contributed by atoms with Crippen LogP contribution >= 0.6 is 0 Å². The van der Waals surface area contributed by atoms with Crippen LogP contribution in [0.3, 0.4) is 0 Å².